The zero-order chi connectivity index (χ0) is 77.1. The highest BCUT2D eigenvalue weighted by Crippen LogP contribution is 2.64. The highest BCUT2D eigenvalue weighted by Gasteiger charge is 2.53. The maximum absolute atomic E-state index is 2.58. The van der Waals surface area contributed by atoms with E-state index in [9.17, 15) is 0 Å². The first-order valence-corrected chi connectivity index (χ1v) is 43.3. The molecule has 115 heavy (non-hydrogen) atoms. The van der Waals surface area contributed by atoms with Crippen LogP contribution in [0.25, 0.3) is 100 Å². The fourth-order valence-corrected chi connectivity index (χ4v) is 24.9. The number of benzene rings is 14. The van der Waals surface area contributed by atoms with Crippen LogP contribution in [0.5, 0.6) is 0 Å². The molecule has 14 aromatic rings. The van der Waals surface area contributed by atoms with E-state index in [1.807, 2.05) is 0 Å². The van der Waals surface area contributed by atoms with Crippen molar-refractivity contribution in [2.75, 3.05) is 9.80 Å². The van der Waals surface area contributed by atoms with E-state index in [1.54, 1.807) is 11.1 Å². The van der Waals surface area contributed by atoms with E-state index >= 15 is 0 Å². The summed E-state index contributed by atoms with van der Waals surface area (Å²) in [6.07, 6.45) is 17.1. The molecule has 0 N–H and O–H groups in total. The van der Waals surface area contributed by atoms with Gasteiger partial charge in [-0.25, -0.2) is 0 Å². The lowest BCUT2D eigenvalue weighted by molar-refractivity contribution is -0.00530. The minimum Gasteiger partial charge on any atom is -0.310 e. The van der Waals surface area contributed by atoms with Crippen LogP contribution in [0.3, 0.4) is 0 Å². The van der Waals surface area contributed by atoms with Gasteiger partial charge in [0.05, 0.1) is 5.69 Å². The van der Waals surface area contributed by atoms with Crippen molar-refractivity contribution in [1.82, 2.24) is 0 Å². The number of anilines is 6. The summed E-state index contributed by atoms with van der Waals surface area (Å²) in [7, 11) is 0. The molecule has 0 heterocycles. The molecule has 10 aliphatic carbocycles. The minimum atomic E-state index is -0.333. The monoisotopic (exact) mass is 1490 g/mol. The third-order valence-electron chi connectivity index (χ3n) is 29.8. The Labute approximate surface area is 681 Å². The number of fused-ring (bicyclic) bond motifs is 6. The molecular weight excluding hydrogens is 1390 g/mol. The molecule has 0 amide bonds. The fourth-order valence-electron chi connectivity index (χ4n) is 24.9. The first kappa shape index (κ1) is 70.3. The molecule has 2 heteroatoms. The summed E-state index contributed by atoms with van der Waals surface area (Å²) in [5.41, 5.74) is 39.3. The zero-order valence-electron chi connectivity index (χ0n) is 67.5. The molecule has 0 radical (unpaired) electrons. The standard InChI is InChI=1S/C113H102N2/c1-72(2)100-59-87(79-19-11-7-12-20-79)37-52-108(100)114(93-42-31-83(32-43-93)81-27-38-91(39-28-81)112-66-73-53-74(67-112)55-75(54-73)68-112)95-46-50-99-103-60-88(36-51-104(103)110(3,4)107(99)64-95)89-35-48-97-98-49-47-96(65-106(98)111(5,6)105(97)63-89)115(94-44-33-84(34-45-94)82-29-40-92(41-30-82)113-69-76-56-77(70-113)58-78(57-76)71-113)109-101(85-23-15-9-16-24-85)61-90(80-21-13-8-14-22-80)62-102(109)86-25-17-10-18-26-86/h7-52,59-65,72-78H,53-58,66-71H2,1-6H3. The molecule has 2 nitrogen and oxygen atoms in total. The normalized spacial score (nSPS) is 22.4. The molecule has 0 aliphatic heterocycles. The summed E-state index contributed by atoms with van der Waals surface area (Å²) in [6.45, 7) is 14.5. The fraction of sp³-hybridized carbons (Fsp3) is 0.257. The van der Waals surface area contributed by atoms with Crippen LogP contribution in [-0.4, -0.2) is 0 Å². The lowest BCUT2D eigenvalue weighted by atomic mass is 9.48. The molecular formula is C113H102N2. The number of hydrogen-bond acceptors (Lipinski definition) is 2. The van der Waals surface area contributed by atoms with Crippen molar-refractivity contribution in [3.63, 3.8) is 0 Å². The van der Waals surface area contributed by atoms with Crippen LogP contribution in [0.2, 0.25) is 0 Å². The van der Waals surface area contributed by atoms with E-state index in [0.29, 0.717) is 10.8 Å². The molecule has 8 saturated carbocycles. The highest BCUT2D eigenvalue weighted by molar-refractivity contribution is 6.01. The molecule has 0 aromatic heterocycles. The van der Waals surface area contributed by atoms with Gasteiger partial charge in [0.2, 0.25) is 0 Å². The second kappa shape index (κ2) is 27.2. The minimum absolute atomic E-state index is 0.252. The molecule has 0 unspecified atom stereocenters. The molecule has 8 fully saturated rings. The average Bonchev–Trinajstić information content (AvgIpc) is 1.67. The third-order valence-corrected chi connectivity index (χ3v) is 29.8. The molecule has 14 aromatic carbocycles. The average molecular weight is 1490 g/mol. The van der Waals surface area contributed by atoms with Crippen LogP contribution in [0.4, 0.5) is 34.1 Å². The molecule has 0 saturated heterocycles. The maximum atomic E-state index is 2.58. The summed E-state index contributed by atoms with van der Waals surface area (Å²) in [6, 6.07) is 124. The van der Waals surface area contributed by atoms with Crippen molar-refractivity contribution in [1.29, 1.82) is 0 Å². The molecule has 10 aliphatic rings. The first-order chi connectivity index (χ1) is 56.1. The van der Waals surface area contributed by atoms with E-state index in [-0.39, 0.29) is 16.7 Å². The summed E-state index contributed by atoms with van der Waals surface area (Å²) in [5.74, 6) is 5.83. The molecule has 0 spiro atoms. The Morgan fingerprint density at radius 2 is 0.557 bits per heavy atom. The summed E-state index contributed by atoms with van der Waals surface area (Å²) < 4.78 is 0. The van der Waals surface area contributed by atoms with E-state index in [4.69, 9.17) is 0 Å². The lowest BCUT2D eigenvalue weighted by Crippen LogP contribution is -2.48. The SMILES string of the molecule is CC(C)c1cc(-c2ccccc2)ccc1N(c1ccc(-c2ccc(C34CC5CC(CC(C5)C3)C4)cc2)cc1)c1ccc2c(c1)C(C)(C)c1ccc(-c3ccc4c(c3)C(C)(C)c3cc(N(c5ccc(-c6ccc(C78CC9CC(CC(C9)C7)C8)cc6)cc5)c5c(-c6ccccc6)cc(-c6ccccc6)cc5-c5ccccc5)ccc3-4)cc1-2. The van der Waals surface area contributed by atoms with Gasteiger partial charge in [-0.3, -0.25) is 0 Å². The molecule has 24 rings (SSSR count). The second-order valence-corrected chi connectivity index (χ2v) is 37.9. The van der Waals surface area contributed by atoms with Crippen molar-refractivity contribution in [2.24, 2.45) is 35.5 Å². The molecule has 0 atom stereocenters. The second-order valence-electron chi connectivity index (χ2n) is 37.9. The van der Waals surface area contributed by atoms with Gasteiger partial charge in [0.25, 0.3) is 0 Å². The van der Waals surface area contributed by atoms with Gasteiger partial charge >= 0.3 is 0 Å². The molecule has 564 valence electrons. The Kier molecular flexibility index (Phi) is 16.6. The Balaban J connectivity index is 0.612. The summed E-state index contributed by atoms with van der Waals surface area (Å²) in [5, 5.41) is 0. The smallest absolute Gasteiger partial charge is 0.0618 e. The van der Waals surface area contributed by atoms with Gasteiger partial charge in [-0.15, -0.1) is 0 Å². The van der Waals surface area contributed by atoms with Gasteiger partial charge in [0.1, 0.15) is 0 Å². The van der Waals surface area contributed by atoms with Crippen molar-refractivity contribution < 1.29 is 0 Å². The van der Waals surface area contributed by atoms with E-state index in [2.05, 4.69) is 373 Å². The van der Waals surface area contributed by atoms with Crippen molar-refractivity contribution in [3.05, 3.63) is 360 Å². The van der Waals surface area contributed by atoms with Gasteiger partial charge in [0.15, 0.2) is 0 Å². The Bertz CT molecular complexity index is 5950. The van der Waals surface area contributed by atoms with Crippen molar-refractivity contribution in [3.8, 4) is 100 Å². The van der Waals surface area contributed by atoms with Crippen LogP contribution < -0.4 is 9.80 Å². The number of rotatable bonds is 16. The Morgan fingerprint density at radius 1 is 0.243 bits per heavy atom. The molecule has 8 bridgehead atoms. The van der Waals surface area contributed by atoms with E-state index in [1.165, 1.54) is 216 Å². The predicted molar refractivity (Wildman–Crippen MR) is 483 cm³/mol. The van der Waals surface area contributed by atoms with Gasteiger partial charge in [-0.05, 0) is 342 Å². The van der Waals surface area contributed by atoms with E-state index in [0.717, 1.165) is 58.3 Å². The lowest BCUT2D eigenvalue weighted by Gasteiger charge is -2.57. The summed E-state index contributed by atoms with van der Waals surface area (Å²) in [4.78, 5) is 5.13. The van der Waals surface area contributed by atoms with Gasteiger partial charge in [-0.1, -0.05) is 278 Å². The van der Waals surface area contributed by atoms with E-state index < -0.39 is 0 Å². The Hall–Kier alpha value is -11.3. The van der Waals surface area contributed by atoms with Crippen molar-refractivity contribution >= 4 is 34.1 Å². The van der Waals surface area contributed by atoms with Gasteiger partial charge < -0.3 is 9.80 Å². The first-order valence-electron chi connectivity index (χ1n) is 43.3. The Morgan fingerprint density at radius 3 is 1.01 bits per heavy atom. The van der Waals surface area contributed by atoms with Crippen molar-refractivity contribution in [2.45, 2.75) is 146 Å². The van der Waals surface area contributed by atoms with Gasteiger partial charge in [0, 0.05) is 50.4 Å². The van der Waals surface area contributed by atoms with Crippen LogP contribution >= 0.6 is 0 Å². The zero-order valence-corrected chi connectivity index (χ0v) is 67.5. The summed E-state index contributed by atoms with van der Waals surface area (Å²) >= 11 is 0. The van der Waals surface area contributed by atoms with Crippen LogP contribution in [0.1, 0.15) is 163 Å². The van der Waals surface area contributed by atoms with Crippen LogP contribution in [0.15, 0.2) is 322 Å². The number of nitrogens with zero attached hydrogens (tertiary/aromatic N) is 2. The number of hydrogen-bond donors (Lipinski definition) is 0. The third kappa shape index (κ3) is 11.9. The van der Waals surface area contributed by atoms with Crippen LogP contribution in [0, 0.1) is 35.5 Å². The maximum Gasteiger partial charge on any atom is 0.0618 e. The van der Waals surface area contributed by atoms with Crippen LogP contribution in [-0.2, 0) is 21.7 Å². The predicted octanol–water partition coefficient (Wildman–Crippen LogP) is 31.0. The van der Waals surface area contributed by atoms with Gasteiger partial charge in [-0.2, -0.15) is 0 Å². The highest BCUT2D eigenvalue weighted by atomic mass is 15.2. The quantitative estimate of drug-likeness (QED) is 0.0951. The largest absolute Gasteiger partial charge is 0.310 e. The topological polar surface area (TPSA) is 6.48 Å².